The number of hydrogen-bond donors (Lipinski definition) is 1. The fourth-order valence-corrected chi connectivity index (χ4v) is 3.05. The molecule has 1 N–H and O–H groups in total. The molecule has 0 amide bonds. The van der Waals surface area contributed by atoms with Gasteiger partial charge in [-0.3, -0.25) is 9.69 Å². The van der Waals surface area contributed by atoms with Gasteiger partial charge in [0, 0.05) is 6.54 Å². The van der Waals surface area contributed by atoms with Crippen molar-refractivity contribution >= 4 is 5.97 Å². The van der Waals surface area contributed by atoms with E-state index < -0.39 is 5.97 Å². The molecule has 128 valence electrons. The highest BCUT2D eigenvalue weighted by molar-refractivity contribution is 5.73. The summed E-state index contributed by atoms with van der Waals surface area (Å²) >= 11 is 0. The molecule has 24 heavy (non-hydrogen) atoms. The van der Waals surface area contributed by atoms with Crippen LogP contribution in [0.2, 0.25) is 0 Å². The minimum atomic E-state index is -0.733. The normalized spacial score (nSPS) is 18.5. The second-order valence-corrected chi connectivity index (χ2v) is 6.11. The summed E-state index contributed by atoms with van der Waals surface area (Å²) in [6.07, 6.45) is 4.16. The third-order valence-electron chi connectivity index (χ3n) is 4.40. The first-order valence-electron chi connectivity index (χ1n) is 8.21. The van der Waals surface area contributed by atoms with Gasteiger partial charge in [-0.05, 0) is 44.0 Å². The number of carbonyl (C=O) groups is 1. The first-order valence-corrected chi connectivity index (χ1v) is 8.21. The minimum absolute atomic E-state index is 0.354. The number of nitrogens with zero attached hydrogens (tertiary/aromatic N) is 2. The summed E-state index contributed by atoms with van der Waals surface area (Å²) in [6.45, 7) is 3.65. The van der Waals surface area contributed by atoms with E-state index in [0.717, 1.165) is 48.6 Å². The molecule has 1 unspecified atom stereocenters. The molecule has 1 fully saturated rings. The van der Waals surface area contributed by atoms with Gasteiger partial charge in [0.25, 0.3) is 0 Å². The number of rotatable bonds is 6. The van der Waals surface area contributed by atoms with Gasteiger partial charge in [-0.25, -0.2) is 4.98 Å². The topological polar surface area (TPSA) is 75.8 Å². The fourth-order valence-electron chi connectivity index (χ4n) is 3.05. The van der Waals surface area contributed by atoms with Crippen molar-refractivity contribution in [1.82, 2.24) is 9.88 Å². The molecular formula is C18H22N2O4. The number of ether oxygens (including phenoxy) is 1. The van der Waals surface area contributed by atoms with E-state index in [4.69, 9.17) is 9.15 Å². The lowest BCUT2D eigenvalue weighted by atomic mass is 10.0. The Kier molecular flexibility index (Phi) is 5.15. The van der Waals surface area contributed by atoms with Crippen molar-refractivity contribution in [3.63, 3.8) is 0 Å². The molecule has 0 bridgehead atoms. The van der Waals surface area contributed by atoms with Crippen LogP contribution in [0.1, 0.15) is 36.3 Å². The van der Waals surface area contributed by atoms with Gasteiger partial charge in [-0.1, -0.05) is 18.6 Å². The van der Waals surface area contributed by atoms with E-state index >= 15 is 0 Å². The average Bonchev–Trinajstić information content (AvgIpc) is 2.99. The molecule has 1 aliphatic rings. The van der Waals surface area contributed by atoms with Gasteiger partial charge in [-0.15, -0.1) is 0 Å². The molecule has 0 saturated carbocycles. The van der Waals surface area contributed by atoms with Crippen LogP contribution in [0.3, 0.4) is 0 Å². The van der Waals surface area contributed by atoms with Gasteiger partial charge in [0.05, 0.1) is 0 Å². The molecule has 3 rings (SSSR count). The van der Waals surface area contributed by atoms with Crippen LogP contribution in [0.25, 0.3) is 0 Å². The maximum absolute atomic E-state index is 11.4. The van der Waals surface area contributed by atoms with E-state index in [0.29, 0.717) is 13.2 Å². The van der Waals surface area contributed by atoms with Crippen molar-refractivity contribution in [2.45, 2.75) is 45.4 Å². The van der Waals surface area contributed by atoms with Crippen molar-refractivity contribution in [2.75, 3.05) is 6.54 Å². The number of piperidine rings is 1. The van der Waals surface area contributed by atoms with Crippen LogP contribution >= 0.6 is 0 Å². The zero-order valence-electron chi connectivity index (χ0n) is 13.8. The Morgan fingerprint density at radius 3 is 3.08 bits per heavy atom. The fraction of sp³-hybridized carbons (Fsp3) is 0.444. The first-order chi connectivity index (χ1) is 11.6. The van der Waals surface area contributed by atoms with Crippen LogP contribution in [-0.4, -0.2) is 33.5 Å². The molecule has 1 atom stereocenters. The highest BCUT2D eigenvalue weighted by atomic mass is 16.5. The van der Waals surface area contributed by atoms with Crippen LogP contribution in [-0.2, 0) is 17.9 Å². The minimum Gasteiger partial charge on any atom is -0.487 e. The van der Waals surface area contributed by atoms with Gasteiger partial charge >= 0.3 is 5.97 Å². The lowest BCUT2D eigenvalue weighted by Crippen LogP contribution is -2.43. The molecule has 0 aliphatic carbocycles. The standard InChI is InChI=1S/C18H22N2O4/c1-13-16(19-12-24-13)11-23-15-6-4-5-14(9-15)10-20-8-3-2-7-17(20)18(21)22/h4-6,9,12,17H,2-3,7-8,10-11H2,1H3,(H,21,22). The molecule has 2 heterocycles. The maximum Gasteiger partial charge on any atom is 0.320 e. The highest BCUT2D eigenvalue weighted by Gasteiger charge is 2.28. The smallest absolute Gasteiger partial charge is 0.320 e. The molecule has 0 spiro atoms. The quantitative estimate of drug-likeness (QED) is 0.877. The van der Waals surface area contributed by atoms with Crippen LogP contribution in [0, 0.1) is 6.92 Å². The Bertz CT molecular complexity index is 698. The first kappa shape index (κ1) is 16.5. The number of aromatic nitrogens is 1. The Morgan fingerprint density at radius 1 is 1.46 bits per heavy atom. The monoisotopic (exact) mass is 330 g/mol. The van der Waals surface area contributed by atoms with Crippen molar-refractivity contribution in [1.29, 1.82) is 0 Å². The molecule has 6 heteroatoms. The summed E-state index contributed by atoms with van der Waals surface area (Å²) in [5, 5.41) is 9.37. The number of carboxylic acids is 1. The van der Waals surface area contributed by atoms with Gasteiger partial charge < -0.3 is 14.3 Å². The Labute approximate surface area is 141 Å². The predicted molar refractivity (Wildman–Crippen MR) is 87.7 cm³/mol. The van der Waals surface area contributed by atoms with E-state index in [9.17, 15) is 9.90 Å². The number of aliphatic carboxylic acids is 1. The van der Waals surface area contributed by atoms with Gasteiger partial charge in [0.15, 0.2) is 6.39 Å². The van der Waals surface area contributed by atoms with Gasteiger partial charge in [0.2, 0.25) is 0 Å². The summed E-state index contributed by atoms with van der Waals surface area (Å²) in [5.41, 5.74) is 1.83. The second-order valence-electron chi connectivity index (χ2n) is 6.11. The lowest BCUT2D eigenvalue weighted by Gasteiger charge is -2.32. The van der Waals surface area contributed by atoms with Crippen molar-refractivity contribution in [2.24, 2.45) is 0 Å². The molecule has 2 aromatic rings. The predicted octanol–water partition coefficient (Wildman–Crippen LogP) is 3.00. The van der Waals surface area contributed by atoms with Gasteiger partial charge in [-0.2, -0.15) is 0 Å². The number of aryl methyl sites for hydroxylation is 1. The van der Waals surface area contributed by atoms with Crippen LogP contribution in [0.15, 0.2) is 35.1 Å². The summed E-state index contributed by atoms with van der Waals surface area (Å²) in [7, 11) is 0. The number of likely N-dealkylation sites (tertiary alicyclic amines) is 1. The third kappa shape index (κ3) is 3.94. The Balaban J connectivity index is 1.64. The number of benzene rings is 1. The summed E-state index contributed by atoms with van der Waals surface area (Å²) < 4.78 is 10.9. The molecular weight excluding hydrogens is 308 g/mol. The number of oxazole rings is 1. The third-order valence-corrected chi connectivity index (χ3v) is 4.40. The van der Waals surface area contributed by atoms with Gasteiger partial charge in [0.1, 0.15) is 29.9 Å². The molecule has 1 saturated heterocycles. The van der Waals surface area contributed by atoms with Crippen LogP contribution in [0.4, 0.5) is 0 Å². The summed E-state index contributed by atoms with van der Waals surface area (Å²) in [5.74, 6) is 0.770. The van der Waals surface area contributed by atoms with Crippen molar-refractivity contribution in [3.05, 3.63) is 47.7 Å². The SMILES string of the molecule is Cc1ocnc1COc1cccc(CN2CCCCC2C(=O)O)c1. The summed E-state index contributed by atoms with van der Waals surface area (Å²) in [6, 6.07) is 7.40. The average molecular weight is 330 g/mol. The molecule has 6 nitrogen and oxygen atoms in total. The molecule has 0 radical (unpaired) electrons. The van der Waals surface area contributed by atoms with Crippen LogP contribution < -0.4 is 4.74 Å². The Morgan fingerprint density at radius 2 is 2.33 bits per heavy atom. The Hall–Kier alpha value is -2.34. The van der Waals surface area contributed by atoms with Crippen molar-refractivity contribution < 1.29 is 19.1 Å². The zero-order valence-corrected chi connectivity index (χ0v) is 13.8. The number of hydrogen-bond acceptors (Lipinski definition) is 5. The van der Waals surface area contributed by atoms with E-state index in [1.165, 1.54) is 6.39 Å². The van der Waals surface area contributed by atoms with E-state index in [2.05, 4.69) is 4.98 Å². The maximum atomic E-state index is 11.4. The van der Waals surface area contributed by atoms with E-state index in [-0.39, 0.29) is 6.04 Å². The van der Waals surface area contributed by atoms with Crippen molar-refractivity contribution in [3.8, 4) is 5.75 Å². The highest BCUT2D eigenvalue weighted by Crippen LogP contribution is 2.22. The van der Waals surface area contributed by atoms with E-state index in [1.807, 2.05) is 36.1 Å². The molecule has 1 aromatic carbocycles. The second kappa shape index (κ2) is 7.49. The van der Waals surface area contributed by atoms with E-state index in [1.54, 1.807) is 0 Å². The molecule has 1 aromatic heterocycles. The number of carboxylic acid groups (broad SMARTS) is 1. The molecule has 1 aliphatic heterocycles. The zero-order chi connectivity index (χ0) is 16.9. The lowest BCUT2D eigenvalue weighted by molar-refractivity contribution is -0.144. The van der Waals surface area contributed by atoms with Crippen LogP contribution in [0.5, 0.6) is 5.75 Å². The summed E-state index contributed by atoms with van der Waals surface area (Å²) in [4.78, 5) is 17.6. The largest absolute Gasteiger partial charge is 0.487 e.